The molecule has 106 valence electrons. The van der Waals surface area contributed by atoms with Gasteiger partial charge in [-0.3, -0.25) is 0 Å². The lowest BCUT2D eigenvalue weighted by Crippen LogP contribution is -2.28. The summed E-state index contributed by atoms with van der Waals surface area (Å²) in [6.45, 7) is 9.86. The van der Waals surface area contributed by atoms with Gasteiger partial charge in [-0.1, -0.05) is 6.92 Å². The standard InChI is InChI=1S/C16H27N3/c1-12-6-5-8-19(9-7-12)16-15(11-17-4)13(2)10-14(3)18-16/h10,12,17H,5-9,11H2,1-4H3. The van der Waals surface area contributed by atoms with Gasteiger partial charge < -0.3 is 10.2 Å². The molecule has 1 unspecified atom stereocenters. The number of aromatic nitrogens is 1. The van der Waals surface area contributed by atoms with E-state index in [4.69, 9.17) is 4.98 Å². The highest BCUT2D eigenvalue weighted by Gasteiger charge is 2.19. The average molecular weight is 261 g/mol. The van der Waals surface area contributed by atoms with Gasteiger partial charge in [0.1, 0.15) is 5.82 Å². The zero-order chi connectivity index (χ0) is 13.8. The van der Waals surface area contributed by atoms with Crippen LogP contribution in [0.3, 0.4) is 0 Å². The van der Waals surface area contributed by atoms with Gasteiger partial charge in [-0.25, -0.2) is 4.98 Å². The van der Waals surface area contributed by atoms with E-state index in [-0.39, 0.29) is 0 Å². The van der Waals surface area contributed by atoms with Crippen molar-refractivity contribution in [3.63, 3.8) is 0 Å². The first-order chi connectivity index (χ1) is 9.11. The van der Waals surface area contributed by atoms with Crippen molar-refractivity contribution in [3.8, 4) is 0 Å². The normalized spacial score (nSPS) is 20.4. The van der Waals surface area contributed by atoms with Gasteiger partial charge in [-0.15, -0.1) is 0 Å². The second-order valence-corrected chi connectivity index (χ2v) is 5.94. The van der Waals surface area contributed by atoms with Crippen molar-refractivity contribution >= 4 is 5.82 Å². The van der Waals surface area contributed by atoms with Crippen molar-refractivity contribution in [1.82, 2.24) is 10.3 Å². The van der Waals surface area contributed by atoms with E-state index in [0.29, 0.717) is 0 Å². The van der Waals surface area contributed by atoms with Crippen LogP contribution in [0.5, 0.6) is 0 Å². The molecule has 0 amide bonds. The van der Waals surface area contributed by atoms with E-state index in [0.717, 1.165) is 31.2 Å². The Morgan fingerprint density at radius 1 is 1.32 bits per heavy atom. The molecule has 0 aliphatic carbocycles. The van der Waals surface area contributed by atoms with Crippen molar-refractivity contribution in [2.75, 3.05) is 25.0 Å². The second kappa shape index (κ2) is 6.38. The molecule has 1 fully saturated rings. The van der Waals surface area contributed by atoms with Crippen LogP contribution in [0.2, 0.25) is 0 Å². The lowest BCUT2D eigenvalue weighted by atomic mass is 10.0. The van der Waals surface area contributed by atoms with Gasteiger partial charge >= 0.3 is 0 Å². The number of aryl methyl sites for hydroxylation is 2. The zero-order valence-electron chi connectivity index (χ0n) is 12.8. The van der Waals surface area contributed by atoms with Crippen LogP contribution in [-0.2, 0) is 6.54 Å². The number of pyridine rings is 1. The van der Waals surface area contributed by atoms with Gasteiger partial charge in [0.15, 0.2) is 0 Å². The van der Waals surface area contributed by atoms with Crippen LogP contribution in [0.25, 0.3) is 0 Å². The van der Waals surface area contributed by atoms with Crippen LogP contribution in [0, 0.1) is 19.8 Å². The van der Waals surface area contributed by atoms with E-state index < -0.39 is 0 Å². The molecule has 1 aliphatic heterocycles. The number of anilines is 1. The third kappa shape index (κ3) is 3.47. The van der Waals surface area contributed by atoms with Crippen molar-refractivity contribution in [2.45, 2.75) is 46.6 Å². The van der Waals surface area contributed by atoms with Crippen molar-refractivity contribution in [2.24, 2.45) is 5.92 Å². The van der Waals surface area contributed by atoms with E-state index in [1.807, 2.05) is 7.05 Å². The van der Waals surface area contributed by atoms with Crippen LogP contribution in [0.15, 0.2) is 6.07 Å². The summed E-state index contributed by atoms with van der Waals surface area (Å²) in [7, 11) is 2.01. The van der Waals surface area contributed by atoms with Gasteiger partial charge in [0.25, 0.3) is 0 Å². The predicted octanol–water partition coefficient (Wildman–Crippen LogP) is 3.04. The lowest BCUT2D eigenvalue weighted by molar-refractivity contribution is 0.521. The maximum Gasteiger partial charge on any atom is 0.133 e. The van der Waals surface area contributed by atoms with E-state index in [1.165, 1.54) is 36.2 Å². The molecule has 3 nitrogen and oxygen atoms in total. The van der Waals surface area contributed by atoms with Crippen molar-refractivity contribution < 1.29 is 0 Å². The molecular formula is C16H27N3. The van der Waals surface area contributed by atoms with E-state index in [2.05, 4.69) is 37.1 Å². The molecule has 1 aromatic heterocycles. The molecular weight excluding hydrogens is 234 g/mol. The molecule has 3 heteroatoms. The largest absolute Gasteiger partial charge is 0.356 e. The monoisotopic (exact) mass is 261 g/mol. The molecule has 1 atom stereocenters. The summed E-state index contributed by atoms with van der Waals surface area (Å²) in [6, 6.07) is 2.19. The summed E-state index contributed by atoms with van der Waals surface area (Å²) in [6.07, 6.45) is 3.92. The third-order valence-corrected chi connectivity index (χ3v) is 4.12. The Hall–Kier alpha value is -1.09. The fourth-order valence-electron chi connectivity index (χ4n) is 2.98. The van der Waals surface area contributed by atoms with Crippen LogP contribution in [0.4, 0.5) is 5.82 Å². The topological polar surface area (TPSA) is 28.2 Å². The van der Waals surface area contributed by atoms with E-state index in [9.17, 15) is 0 Å². The highest BCUT2D eigenvalue weighted by Crippen LogP contribution is 2.26. The molecule has 1 aromatic rings. The fourth-order valence-corrected chi connectivity index (χ4v) is 2.98. The summed E-state index contributed by atoms with van der Waals surface area (Å²) in [5.41, 5.74) is 3.85. The highest BCUT2D eigenvalue weighted by molar-refractivity contribution is 5.51. The summed E-state index contributed by atoms with van der Waals surface area (Å²) in [5.74, 6) is 2.06. The first kappa shape index (κ1) is 14.3. The Labute approximate surface area is 117 Å². The van der Waals surface area contributed by atoms with Crippen molar-refractivity contribution in [3.05, 3.63) is 22.9 Å². The minimum absolute atomic E-state index is 0.851. The lowest BCUT2D eigenvalue weighted by Gasteiger charge is -2.26. The van der Waals surface area contributed by atoms with Crippen LogP contribution >= 0.6 is 0 Å². The first-order valence-corrected chi connectivity index (χ1v) is 7.48. The molecule has 0 saturated carbocycles. The van der Waals surface area contributed by atoms with Gasteiger partial charge in [0.05, 0.1) is 0 Å². The Morgan fingerprint density at radius 2 is 2.11 bits per heavy atom. The van der Waals surface area contributed by atoms with Gasteiger partial charge in [0, 0.05) is 30.9 Å². The smallest absolute Gasteiger partial charge is 0.133 e. The SMILES string of the molecule is CNCc1c(C)cc(C)nc1N1CCCC(C)CC1. The Bertz CT molecular complexity index is 428. The molecule has 1 saturated heterocycles. The van der Waals surface area contributed by atoms with Crippen molar-refractivity contribution in [1.29, 1.82) is 0 Å². The number of nitrogens with zero attached hydrogens (tertiary/aromatic N) is 2. The number of nitrogens with one attached hydrogen (secondary N) is 1. The molecule has 2 heterocycles. The summed E-state index contributed by atoms with van der Waals surface area (Å²) >= 11 is 0. The molecule has 0 spiro atoms. The Kier molecular flexibility index (Phi) is 4.81. The number of rotatable bonds is 3. The molecule has 1 aliphatic rings. The summed E-state index contributed by atoms with van der Waals surface area (Å²) in [5, 5.41) is 3.28. The highest BCUT2D eigenvalue weighted by atomic mass is 15.2. The van der Waals surface area contributed by atoms with Crippen LogP contribution < -0.4 is 10.2 Å². The minimum Gasteiger partial charge on any atom is -0.356 e. The van der Waals surface area contributed by atoms with Gasteiger partial charge in [-0.2, -0.15) is 0 Å². The maximum atomic E-state index is 4.83. The second-order valence-electron chi connectivity index (χ2n) is 5.94. The van der Waals surface area contributed by atoms with Gasteiger partial charge in [0.2, 0.25) is 0 Å². The number of hydrogen-bond donors (Lipinski definition) is 1. The van der Waals surface area contributed by atoms with Crippen LogP contribution in [0.1, 0.15) is 43.0 Å². The fraction of sp³-hybridized carbons (Fsp3) is 0.688. The summed E-state index contributed by atoms with van der Waals surface area (Å²) in [4.78, 5) is 7.33. The first-order valence-electron chi connectivity index (χ1n) is 7.48. The predicted molar refractivity (Wildman–Crippen MR) is 81.7 cm³/mol. The Balaban J connectivity index is 2.31. The zero-order valence-corrected chi connectivity index (χ0v) is 12.8. The molecule has 0 aromatic carbocycles. The third-order valence-electron chi connectivity index (χ3n) is 4.12. The molecule has 0 radical (unpaired) electrons. The average Bonchev–Trinajstić information content (AvgIpc) is 2.57. The Morgan fingerprint density at radius 3 is 2.84 bits per heavy atom. The van der Waals surface area contributed by atoms with Crippen LogP contribution in [-0.4, -0.2) is 25.1 Å². The molecule has 19 heavy (non-hydrogen) atoms. The summed E-state index contributed by atoms with van der Waals surface area (Å²) < 4.78 is 0. The maximum absolute atomic E-state index is 4.83. The molecule has 1 N–H and O–H groups in total. The number of hydrogen-bond acceptors (Lipinski definition) is 3. The van der Waals surface area contributed by atoms with E-state index in [1.54, 1.807) is 0 Å². The molecule has 2 rings (SSSR count). The minimum atomic E-state index is 0.851. The molecule has 0 bridgehead atoms. The quantitative estimate of drug-likeness (QED) is 0.906. The van der Waals surface area contributed by atoms with Gasteiger partial charge in [-0.05, 0) is 57.7 Å². The van der Waals surface area contributed by atoms with E-state index >= 15 is 0 Å².